The number of anilines is 2. The number of nitrogens with zero attached hydrogens (tertiary/aromatic N) is 3. The van der Waals surface area contributed by atoms with E-state index in [1.807, 2.05) is 24.3 Å². The molecular weight excluding hydrogens is 367 g/mol. The van der Waals surface area contributed by atoms with E-state index in [9.17, 15) is 9.18 Å². The van der Waals surface area contributed by atoms with E-state index in [-0.39, 0.29) is 17.8 Å². The molecule has 1 aromatic heterocycles. The van der Waals surface area contributed by atoms with Gasteiger partial charge in [-0.25, -0.2) is 9.37 Å². The molecule has 6 heteroatoms. The molecule has 0 atom stereocenters. The quantitative estimate of drug-likeness (QED) is 0.794. The number of pyridine rings is 1. The third-order valence-electron chi connectivity index (χ3n) is 6.00. The van der Waals surface area contributed by atoms with Gasteiger partial charge in [0.1, 0.15) is 11.6 Å². The van der Waals surface area contributed by atoms with Gasteiger partial charge in [0.15, 0.2) is 0 Å². The minimum Gasteiger partial charge on any atom is -0.366 e. The van der Waals surface area contributed by atoms with Gasteiger partial charge < -0.3 is 15.1 Å². The fraction of sp³-hybridized carbons (Fsp3) is 0.478. The van der Waals surface area contributed by atoms with Gasteiger partial charge >= 0.3 is 0 Å². The van der Waals surface area contributed by atoms with E-state index >= 15 is 0 Å². The van der Waals surface area contributed by atoms with Crippen LogP contribution in [0.4, 0.5) is 15.9 Å². The molecule has 4 rings (SSSR count). The molecule has 1 saturated heterocycles. The molecule has 0 radical (unpaired) electrons. The number of carbonyl (C=O) groups is 1. The second-order valence-electron chi connectivity index (χ2n) is 7.99. The lowest BCUT2D eigenvalue weighted by Gasteiger charge is -2.36. The molecule has 0 spiro atoms. The highest BCUT2D eigenvalue weighted by atomic mass is 19.1. The van der Waals surface area contributed by atoms with Crippen LogP contribution in [0.5, 0.6) is 0 Å². The number of halogens is 1. The summed E-state index contributed by atoms with van der Waals surface area (Å²) in [5.41, 5.74) is 1.27. The van der Waals surface area contributed by atoms with Crippen molar-refractivity contribution in [1.82, 2.24) is 10.3 Å². The molecular formula is C23H29FN4O. The van der Waals surface area contributed by atoms with Crippen molar-refractivity contribution in [1.29, 1.82) is 0 Å². The summed E-state index contributed by atoms with van der Waals surface area (Å²) in [5.74, 6) is 0.660. The molecule has 0 bridgehead atoms. The van der Waals surface area contributed by atoms with Crippen molar-refractivity contribution in [2.75, 3.05) is 36.0 Å². The van der Waals surface area contributed by atoms with Gasteiger partial charge in [-0.15, -0.1) is 0 Å². The minimum atomic E-state index is -0.178. The Labute approximate surface area is 171 Å². The predicted molar refractivity (Wildman–Crippen MR) is 114 cm³/mol. The van der Waals surface area contributed by atoms with Crippen molar-refractivity contribution < 1.29 is 9.18 Å². The Kier molecular flexibility index (Phi) is 6.27. The summed E-state index contributed by atoms with van der Waals surface area (Å²) in [5, 5.41) is 3.17. The maximum Gasteiger partial charge on any atom is 0.253 e. The zero-order chi connectivity index (χ0) is 20.1. The largest absolute Gasteiger partial charge is 0.366 e. The van der Waals surface area contributed by atoms with Crippen molar-refractivity contribution in [3.63, 3.8) is 0 Å². The third-order valence-corrected chi connectivity index (χ3v) is 6.00. The summed E-state index contributed by atoms with van der Waals surface area (Å²) < 4.78 is 14.0. The number of aromatic nitrogens is 1. The van der Waals surface area contributed by atoms with E-state index in [1.54, 1.807) is 12.3 Å². The van der Waals surface area contributed by atoms with E-state index in [4.69, 9.17) is 0 Å². The number of benzene rings is 1. The lowest BCUT2D eigenvalue weighted by atomic mass is 10.1. The van der Waals surface area contributed by atoms with Crippen LogP contribution in [0.2, 0.25) is 0 Å². The van der Waals surface area contributed by atoms with E-state index in [0.717, 1.165) is 44.8 Å². The molecule has 1 amide bonds. The van der Waals surface area contributed by atoms with Gasteiger partial charge in [0.2, 0.25) is 0 Å². The van der Waals surface area contributed by atoms with Crippen molar-refractivity contribution in [2.45, 2.75) is 44.6 Å². The highest BCUT2D eigenvalue weighted by Crippen LogP contribution is 2.22. The van der Waals surface area contributed by atoms with E-state index in [0.29, 0.717) is 11.3 Å². The monoisotopic (exact) mass is 396 g/mol. The Morgan fingerprint density at radius 1 is 0.931 bits per heavy atom. The summed E-state index contributed by atoms with van der Waals surface area (Å²) in [7, 11) is 0. The lowest BCUT2D eigenvalue weighted by molar-refractivity contribution is 0.0933. The number of hydrogen-bond acceptors (Lipinski definition) is 4. The highest BCUT2D eigenvalue weighted by molar-refractivity contribution is 5.94. The average Bonchev–Trinajstić information content (AvgIpc) is 3.03. The summed E-state index contributed by atoms with van der Waals surface area (Å²) in [6, 6.07) is 11.0. The molecule has 5 nitrogen and oxygen atoms in total. The Morgan fingerprint density at radius 2 is 1.62 bits per heavy atom. The second kappa shape index (κ2) is 9.25. The van der Waals surface area contributed by atoms with Crippen LogP contribution < -0.4 is 15.1 Å². The van der Waals surface area contributed by atoms with Gasteiger partial charge in [0.05, 0.1) is 11.3 Å². The number of carbonyl (C=O) groups excluding carboxylic acids is 1. The molecule has 1 saturated carbocycles. The van der Waals surface area contributed by atoms with Crippen molar-refractivity contribution >= 4 is 17.4 Å². The summed E-state index contributed by atoms with van der Waals surface area (Å²) in [4.78, 5) is 21.3. The fourth-order valence-corrected chi connectivity index (χ4v) is 4.28. The smallest absolute Gasteiger partial charge is 0.253 e. The first-order valence-corrected chi connectivity index (χ1v) is 10.7. The second-order valence-corrected chi connectivity index (χ2v) is 7.99. The van der Waals surface area contributed by atoms with Gasteiger partial charge in [-0.1, -0.05) is 37.8 Å². The van der Waals surface area contributed by atoms with Crippen LogP contribution in [-0.2, 0) is 0 Å². The number of rotatable bonds is 4. The maximum absolute atomic E-state index is 14.0. The van der Waals surface area contributed by atoms with Gasteiger partial charge in [0, 0.05) is 38.4 Å². The van der Waals surface area contributed by atoms with Crippen LogP contribution in [0.3, 0.4) is 0 Å². The molecule has 29 heavy (non-hydrogen) atoms. The van der Waals surface area contributed by atoms with Gasteiger partial charge in [0.25, 0.3) is 5.91 Å². The molecule has 2 aromatic rings. The Hall–Kier alpha value is -2.63. The van der Waals surface area contributed by atoms with Crippen LogP contribution in [0.1, 0.15) is 48.9 Å². The molecule has 1 aromatic carbocycles. The predicted octanol–water partition coefficient (Wildman–Crippen LogP) is 4.00. The summed E-state index contributed by atoms with van der Waals surface area (Å²) in [6.07, 6.45) is 8.75. The standard InChI is InChI=1S/C23H29FN4O/c24-20-9-5-6-10-21(20)27-13-15-28(16-14-27)22-12-11-18(17-25-22)23(29)26-19-7-3-1-2-4-8-19/h5-6,9-12,17,19H,1-4,7-8,13-16H2,(H,26,29). The Balaban J connectivity index is 1.32. The number of para-hydroxylation sites is 1. The number of piperazine rings is 1. The number of hydrogen-bond donors (Lipinski definition) is 1. The van der Waals surface area contributed by atoms with Crippen LogP contribution in [-0.4, -0.2) is 43.1 Å². The van der Waals surface area contributed by atoms with E-state index in [1.165, 1.54) is 31.7 Å². The molecule has 154 valence electrons. The molecule has 2 heterocycles. The molecule has 1 aliphatic heterocycles. The number of nitrogens with one attached hydrogen (secondary N) is 1. The Bertz CT molecular complexity index is 810. The highest BCUT2D eigenvalue weighted by Gasteiger charge is 2.21. The molecule has 0 unspecified atom stereocenters. The molecule has 1 aliphatic carbocycles. The summed E-state index contributed by atoms with van der Waals surface area (Å²) in [6.45, 7) is 3.03. The van der Waals surface area contributed by atoms with Crippen LogP contribution in [0.25, 0.3) is 0 Å². The third kappa shape index (κ3) is 4.86. The zero-order valence-corrected chi connectivity index (χ0v) is 16.8. The topological polar surface area (TPSA) is 48.5 Å². The van der Waals surface area contributed by atoms with Gasteiger partial charge in [-0.2, -0.15) is 0 Å². The first-order valence-electron chi connectivity index (χ1n) is 10.7. The fourth-order valence-electron chi connectivity index (χ4n) is 4.28. The normalized spacial score (nSPS) is 18.4. The van der Waals surface area contributed by atoms with Gasteiger partial charge in [-0.3, -0.25) is 4.79 Å². The van der Waals surface area contributed by atoms with Crippen LogP contribution >= 0.6 is 0 Å². The molecule has 2 fully saturated rings. The van der Waals surface area contributed by atoms with Gasteiger partial charge in [-0.05, 0) is 37.1 Å². The molecule has 2 aliphatic rings. The van der Waals surface area contributed by atoms with Crippen LogP contribution in [0.15, 0.2) is 42.6 Å². The maximum atomic E-state index is 14.0. The first kappa shape index (κ1) is 19.7. The molecule has 1 N–H and O–H groups in total. The average molecular weight is 397 g/mol. The number of amides is 1. The lowest BCUT2D eigenvalue weighted by Crippen LogP contribution is -2.47. The van der Waals surface area contributed by atoms with E-state index < -0.39 is 0 Å². The van der Waals surface area contributed by atoms with Crippen molar-refractivity contribution in [2.24, 2.45) is 0 Å². The minimum absolute atomic E-state index is 0.0275. The van der Waals surface area contributed by atoms with Crippen LogP contribution in [0, 0.1) is 5.82 Å². The first-order chi connectivity index (χ1) is 14.2. The SMILES string of the molecule is O=C(NC1CCCCCC1)c1ccc(N2CCN(c3ccccc3F)CC2)nc1. The van der Waals surface area contributed by atoms with Crippen molar-refractivity contribution in [3.8, 4) is 0 Å². The van der Waals surface area contributed by atoms with Crippen molar-refractivity contribution in [3.05, 3.63) is 54.0 Å². The summed E-state index contributed by atoms with van der Waals surface area (Å²) >= 11 is 0. The van der Waals surface area contributed by atoms with E-state index in [2.05, 4.69) is 20.1 Å². The Morgan fingerprint density at radius 3 is 2.28 bits per heavy atom. The zero-order valence-electron chi connectivity index (χ0n) is 16.8.